The summed E-state index contributed by atoms with van der Waals surface area (Å²) in [5.74, 6) is 0.913. The molecule has 3 nitrogen and oxygen atoms in total. The second kappa shape index (κ2) is 5.21. The average molecular weight is 283 g/mol. The number of fused-ring (bicyclic) bond motifs is 1. The lowest BCUT2D eigenvalue weighted by Gasteiger charge is -2.03. The summed E-state index contributed by atoms with van der Waals surface area (Å²) < 4.78 is 0. The summed E-state index contributed by atoms with van der Waals surface area (Å²) >= 11 is 1.71. The molecule has 4 heteroatoms. The molecule has 0 saturated carbocycles. The van der Waals surface area contributed by atoms with Crippen molar-refractivity contribution >= 4 is 28.5 Å². The molecule has 3 aromatic rings. The largest absolute Gasteiger partial charge is 0.399 e. The number of rotatable bonds is 3. The zero-order valence-electron chi connectivity index (χ0n) is 11.6. The van der Waals surface area contributed by atoms with Crippen LogP contribution in [-0.2, 0) is 5.75 Å². The van der Waals surface area contributed by atoms with Crippen LogP contribution in [0.5, 0.6) is 0 Å². The fourth-order valence-electron chi connectivity index (χ4n) is 2.12. The molecule has 1 aromatic heterocycles. The van der Waals surface area contributed by atoms with Gasteiger partial charge in [0.2, 0.25) is 0 Å². The number of aromatic nitrogens is 2. The van der Waals surface area contributed by atoms with Gasteiger partial charge in [0.05, 0.1) is 11.0 Å². The predicted octanol–water partition coefficient (Wildman–Crippen LogP) is 4.05. The summed E-state index contributed by atoms with van der Waals surface area (Å²) in [4.78, 5) is 7.87. The first kappa shape index (κ1) is 13.1. The van der Waals surface area contributed by atoms with Gasteiger partial charge in [-0.15, -0.1) is 0 Å². The van der Waals surface area contributed by atoms with Crippen LogP contribution in [0.3, 0.4) is 0 Å². The fourth-order valence-corrected chi connectivity index (χ4v) is 2.95. The number of H-pyrrole nitrogens is 1. The maximum absolute atomic E-state index is 5.77. The zero-order valence-corrected chi connectivity index (χ0v) is 12.4. The van der Waals surface area contributed by atoms with Crippen molar-refractivity contribution in [2.45, 2.75) is 24.8 Å². The molecule has 0 saturated heterocycles. The van der Waals surface area contributed by atoms with Crippen molar-refractivity contribution < 1.29 is 0 Å². The van der Waals surface area contributed by atoms with E-state index in [1.165, 1.54) is 16.7 Å². The highest BCUT2D eigenvalue weighted by Gasteiger charge is 2.04. The molecule has 3 rings (SSSR count). The van der Waals surface area contributed by atoms with Crippen LogP contribution < -0.4 is 5.73 Å². The van der Waals surface area contributed by atoms with Gasteiger partial charge < -0.3 is 10.7 Å². The molecule has 102 valence electrons. The summed E-state index contributed by atoms with van der Waals surface area (Å²) in [5.41, 5.74) is 12.5. The van der Waals surface area contributed by atoms with Crippen LogP contribution in [0, 0.1) is 13.8 Å². The molecular weight excluding hydrogens is 266 g/mol. The minimum Gasteiger partial charge on any atom is -0.399 e. The van der Waals surface area contributed by atoms with Crippen LogP contribution in [0.2, 0.25) is 0 Å². The Morgan fingerprint density at radius 3 is 2.75 bits per heavy atom. The van der Waals surface area contributed by atoms with Crippen molar-refractivity contribution in [3.8, 4) is 0 Å². The van der Waals surface area contributed by atoms with Crippen LogP contribution in [0.4, 0.5) is 5.69 Å². The Hall–Kier alpha value is -1.94. The van der Waals surface area contributed by atoms with Gasteiger partial charge in [-0.3, -0.25) is 0 Å². The summed E-state index contributed by atoms with van der Waals surface area (Å²) in [6.45, 7) is 4.28. The predicted molar refractivity (Wildman–Crippen MR) is 86.0 cm³/mol. The lowest BCUT2D eigenvalue weighted by Crippen LogP contribution is -1.86. The Bertz CT molecular complexity index is 762. The first-order chi connectivity index (χ1) is 9.61. The number of nitrogens with two attached hydrogens (primary N) is 1. The van der Waals surface area contributed by atoms with Crippen LogP contribution in [0.25, 0.3) is 11.0 Å². The minimum absolute atomic E-state index is 0.756. The second-order valence-electron chi connectivity index (χ2n) is 5.03. The highest BCUT2D eigenvalue weighted by Crippen LogP contribution is 2.24. The molecule has 0 amide bonds. The lowest BCUT2D eigenvalue weighted by atomic mass is 10.1. The number of benzene rings is 2. The van der Waals surface area contributed by atoms with E-state index in [-0.39, 0.29) is 0 Å². The highest BCUT2D eigenvalue weighted by atomic mass is 32.2. The first-order valence-corrected chi connectivity index (χ1v) is 7.54. The fraction of sp³-hybridized carbons (Fsp3) is 0.188. The third-order valence-electron chi connectivity index (χ3n) is 3.43. The summed E-state index contributed by atoms with van der Waals surface area (Å²) in [6, 6.07) is 12.3. The number of imidazole rings is 1. The quantitative estimate of drug-likeness (QED) is 0.563. The van der Waals surface area contributed by atoms with Gasteiger partial charge in [-0.05, 0) is 48.7 Å². The van der Waals surface area contributed by atoms with Gasteiger partial charge in [-0.2, -0.15) is 0 Å². The van der Waals surface area contributed by atoms with Gasteiger partial charge in [0.1, 0.15) is 0 Å². The third kappa shape index (κ3) is 2.65. The van der Waals surface area contributed by atoms with Gasteiger partial charge >= 0.3 is 0 Å². The Morgan fingerprint density at radius 1 is 1.10 bits per heavy atom. The number of aryl methyl sites for hydroxylation is 2. The van der Waals surface area contributed by atoms with Gasteiger partial charge in [0.25, 0.3) is 0 Å². The molecule has 0 aliphatic carbocycles. The minimum atomic E-state index is 0.756. The van der Waals surface area contributed by atoms with Gasteiger partial charge in [-0.25, -0.2) is 4.98 Å². The van der Waals surface area contributed by atoms with E-state index in [4.69, 9.17) is 5.73 Å². The van der Waals surface area contributed by atoms with Gasteiger partial charge in [0, 0.05) is 11.4 Å². The van der Waals surface area contributed by atoms with E-state index < -0.39 is 0 Å². The zero-order chi connectivity index (χ0) is 14.1. The maximum atomic E-state index is 5.77. The number of thioether (sulfide) groups is 1. The molecular formula is C16H17N3S. The standard InChI is InChI=1S/C16H17N3S/c1-10-3-4-12(7-11(10)2)9-20-16-18-14-6-5-13(17)8-15(14)19-16/h3-8H,9,17H2,1-2H3,(H,18,19). The van der Waals surface area contributed by atoms with E-state index in [0.29, 0.717) is 0 Å². The number of hydrogen-bond acceptors (Lipinski definition) is 3. The van der Waals surface area contributed by atoms with E-state index >= 15 is 0 Å². The first-order valence-electron chi connectivity index (χ1n) is 6.56. The van der Waals surface area contributed by atoms with E-state index in [1.807, 2.05) is 18.2 Å². The van der Waals surface area contributed by atoms with Crippen LogP contribution in [0.1, 0.15) is 16.7 Å². The second-order valence-corrected chi connectivity index (χ2v) is 5.99. The normalized spacial score (nSPS) is 11.1. The average Bonchev–Trinajstić information content (AvgIpc) is 2.82. The molecule has 0 aliphatic rings. The Kier molecular flexibility index (Phi) is 3.40. The van der Waals surface area contributed by atoms with Gasteiger partial charge in [-0.1, -0.05) is 30.0 Å². The molecule has 1 heterocycles. The molecule has 0 aliphatic heterocycles. The number of nitrogens with zero attached hydrogens (tertiary/aromatic N) is 1. The van der Waals surface area contributed by atoms with Crippen LogP contribution in [0.15, 0.2) is 41.6 Å². The number of hydrogen-bond donors (Lipinski definition) is 2. The molecule has 0 bridgehead atoms. The van der Waals surface area contributed by atoms with Crippen molar-refractivity contribution in [2.24, 2.45) is 0 Å². The third-order valence-corrected chi connectivity index (χ3v) is 4.38. The SMILES string of the molecule is Cc1ccc(CSc2nc3ccc(N)cc3[nH]2)cc1C. The van der Waals surface area contributed by atoms with Gasteiger partial charge in [0.15, 0.2) is 5.16 Å². The van der Waals surface area contributed by atoms with E-state index in [0.717, 1.165) is 27.6 Å². The molecule has 2 aromatic carbocycles. The number of anilines is 1. The Balaban J connectivity index is 1.77. The molecule has 0 fully saturated rings. The van der Waals surface area contributed by atoms with Crippen molar-refractivity contribution in [2.75, 3.05) is 5.73 Å². The van der Waals surface area contributed by atoms with Crippen LogP contribution in [-0.4, -0.2) is 9.97 Å². The molecule has 20 heavy (non-hydrogen) atoms. The molecule has 3 N–H and O–H groups in total. The van der Waals surface area contributed by atoms with Crippen molar-refractivity contribution in [1.29, 1.82) is 0 Å². The molecule has 0 unspecified atom stereocenters. The Labute approximate surface area is 122 Å². The van der Waals surface area contributed by atoms with E-state index in [1.54, 1.807) is 11.8 Å². The lowest BCUT2D eigenvalue weighted by molar-refractivity contribution is 1.08. The smallest absolute Gasteiger partial charge is 0.166 e. The summed E-state index contributed by atoms with van der Waals surface area (Å²) in [7, 11) is 0. The summed E-state index contributed by atoms with van der Waals surface area (Å²) in [5, 5.41) is 0.934. The van der Waals surface area contributed by atoms with Crippen LogP contribution >= 0.6 is 11.8 Å². The number of aromatic amines is 1. The highest BCUT2D eigenvalue weighted by molar-refractivity contribution is 7.98. The maximum Gasteiger partial charge on any atom is 0.166 e. The topological polar surface area (TPSA) is 54.7 Å². The molecule has 0 spiro atoms. The van der Waals surface area contributed by atoms with E-state index in [2.05, 4.69) is 42.0 Å². The molecule has 0 radical (unpaired) electrons. The number of nitrogen functional groups attached to an aromatic ring is 1. The monoisotopic (exact) mass is 283 g/mol. The van der Waals surface area contributed by atoms with E-state index in [9.17, 15) is 0 Å². The van der Waals surface area contributed by atoms with Crippen molar-refractivity contribution in [1.82, 2.24) is 9.97 Å². The number of nitrogens with one attached hydrogen (secondary N) is 1. The molecule has 0 atom stereocenters. The van der Waals surface area contributed by atoms with Crippen molar-refractivity contribution in [3.05, 3.63) is 53.1 Å². The Morgan fingerprint density at radius 2 is 1.95 bits per heavy atom. The van der Waals surface area contributed by atoms with Crippen molar-refractivity contribution in [3.63, 3.8) is 0 Å². The summed E-state index contributed by atoms with van der Waals surface area (Å²) in [6.07, 6.45) is 0.